The van der Waals surface area contributed by atoms with E-state index in [9.17, 15) is 9.90 Å². The molecule has 0 spiro atoms. The summed E-state index contributed by atoms with van der Waals surface area (Å²) in [5.41, 5.74) is 3.50. The van der Waals surface area contributed by atoms with Crippen molar-refractivity contribution in [2.75, 3.05) is 75.7 Å². The average molecular weight is 410 g/mol. The molecule has 7 nitrogen and oxygen atoms in total. The molecule has 0 radical (unpaired) electrons. The number of amides is 1. The standard InChI is InChI=1S/C20H31N5O2.ClH/c26-16(14-23-8-6-21-7-9-23)15-24-10-12-25(13-11-24)19-3-1-2-18-17(19)4-5-20(27)22-18;/h1-3,16,21,26H,4-15H2,(H,22,27);1H. The van der Waals surface area contributed by atoms with E-state index in [1.54, 1.807) is 0 Å². The minimum atomic E-state index is -0.283. The number of β-amino-alcohol motifs (C(OH)–C–C–N with tert-alkyl or cyclic N) is 1. The number of aliphatic hydroxyl groups excluding tert-OH is 1. The van der Waals surface area contributed by atoms with E-state index in [1.165, 1.54) is 11.3 Å². The van der Waals surface area contributed by atoms with Crippen LogP contribution >= 0.6 is 12.4 Å². The van der Waals surface area contributed by atoms with Gasteiger partial charge in [-0.25, -0.2) is 0 Å². The van der Waals surface area contributed by atoms with Gasteiger partial charge in [-0.3, -0.25) is 14.6 Å². The van der Waals surface area contributed by atoms with Gasteiger partial charge >= 0.3 is 0 Å². The quantitative estimate of drug-likeness (QED) is 0.653. The van der Waals surface area contributed by atoms with Crippen molar-refractivity contribution in [1.82, 2.24) is 15.1 Å². The number of nitrogens with zero attached hydrogens (tertiary/aromatic N) is 3. The number of fused-ring (bicyclic) bond motifs is 1. The fraction of sp³-hybridized carbons (Fsp3) is 0.650. The third-order valence-electron chi connectivity index (χ3n) is 5.89. The van der Waals surface area contributed by atoms with Crippen LogP contribution in [0.2, 0.25) is 0 Å². The van der Waals surface area contributed by atoms with Crippen LogP contribution < -0.4 is 15.5 Å². The number of hydrogen-bond donors (Lipinski definition) is 3. The molecule has 0 bridgehead atoms. The molecule has 3 heterocycles. The SMILES string of the molecule is Cl.O=C1CCc2c(cccc2N2CCN(CC(O)CN3CCNCC3)CC2)N1. The first kappa shape index (κ1) is 21.3. The predicted octanol–water partition coefficient (Wildman–Crippen LogP) is 0.381. The van der Waals surface area contributed by atoms with E-state index in [2.05, 4.69) is 31.4 Å². The highest BCUT2D eigenvalue weighted by molar-refractivity contribution is 5.95. The van der Waals surface area contributed by atoms with Crippen LogP contribution in [0, 0.1) is 0 Å². The molecule has 3 aliphatic rings. The number of nitrogens with one attached hydrogen (secondary N) is 2. The number of benzene rings is 1. The molecule has 3 aliphatic heterocycles. The van der Waals surface area contributed by atoms with Gasteiger partial charge in [-0.2, -0.15) is 0 Å². The lowest BCUT2D eigenvalue weighted by atomic mass is 10.00. The summed E-state index contributed by atoms with van der Waals surface area (Å²) in [4.78, 5) is 18.8. The molecular weight excluding hydrogens is 378 g/mol. The first-order valence-corrected chi connectivity index (χ1v) is 10.2. The van der Waals surface area contributed by atoms with E-state index in [1.807, 2.05) is 12.1 Å². The number of piperazine rings is 2. The van der Waals surface area contributed by atoms with E-state index in [0.717, 1.165) is 77.6 Å². The fourth-order valence-electron chi connectivity index (χ4n) is 4.42. The lowest BCUT2D eigenvalue weighted by Crippen LogP contribution is -2.52. The Kier molecular flexibility index (Phi) is 7.54. The minimum absolute atomic E-state index is 0. The lowest BCUT2D eigenvalue weighted by molar-refractivity contribution is -0.116. The number of aliphatic hydroxyl groups is 1. The summed E-state index contributed by atoms with van der Waals surface area (Å²) in [5.74, 6) is 0.114. The van der Waals surface area contributed by atoms with Gasteiger partial charge in [0.2, 0.25) is 5.91 Å². The Bertz CT molecular complexity index is 660. The van der Waals surface area contributed by atoms with Crippen LogP contribution in [0.5, 0.6) is 0 Å². The second-order valence-electron chi connectivity index (χ2n) is 7.84. The number of hydrogen-bond acceptors (Lipinski definition) is 6. The van der Waals surface area contributed by atoms with Gasteiger partial charge in [0, 0.05) is 83.2 Å². The van der Waals surface area contributed by atoms with Crippen molar-refractivity contribution in [2.24, 2.45) is 0 Å². The van der Waals surface area contributed by atoms with E-state index < -0.39 is 0 Å². The van der Waals surface area contributed by atoms with Crippen molar-refractivity contribution in [3.8, 4) is 0 Å². The van der Waals surface area contributed by atoms with Crippen LogP contribution in [0.1, 0.15) is 12.0 Å². The Labute approximate surface area is 173 Å². The maximum absolute atomic E-state index is 11.6. The summed E-state index contributed by atoms with van der Waals surface area (Å²) in [6.45, 7) is 9.48. The monoisotopic (exact) mass is 409 g/mol. The zero-order valence-corrected chi connectivity index (χ0v) is 17.2. The summed E-state index contributed by atoms with van der Waals surface area (Å²) in [7, 11) is 0. The average Bonchev–Trinajstić information content (AvgIpc) is 2.68. The molecule has 0 aliphatic carbocycles. The van der Waals surface area contributed by atoms with Crippen molar-refractivity contribution in [2.45, 2.75) is 18.9 Å². The van der Waals surface area contributed by atoms with Crippen molar-refractivity contribution >= 4 is 29.7 Å². The molecule has 0 saturated carbocycles. The number of anilines is 2. The van der Waals surface area contributed by atoms with Crippen LogP contribution in [0.15, 0.2) is 18.2 Å². The molecule has 2 saturated heterocycles. The molecule has 1 unspecified atom stereocenters. The van der Waals surface area contributed by atoms with Gasteiger partial charge < -0.3 is 20.6 Å². The first-order valence-electron chi connectivity index (χ1n) is 10.2. The molecular formula is C20H32ClN5O2. The van der Waals surface area contributed by atoms with Crippen LogP contribution in [0.25, 0.3) is 0 Å². The Morgan fingerprint density at radius 1 is 0.964 bits per heavy atom. The second-order valence-corrected chi connectivity index (χ2v) is 7.84. The van der Waals surface area contributed by atoms with Crippen molar-refractivity contribution in [3.63, 3.8) is 0 Å². The van der Waals surface area contributed by atoms with Gasteiger partial charge in [0.1, 0.15) is 0 Å². The van der Waals surface area contributed by atoms with Crippen molar-refractivity contribution in [1.29, 1.82) is 0 Å². The van der Waals surface area contributed by atoms with Gasteiger partial charge in [-0.05, 0) is 24.1 Å². The van der Waals surface area contributed by atoms with E-state index in [0.29, 0.717) is 6.42 Å². The van der Waals surface area contributed by atoms with Crippen LogP contribution in [-0.4, -0.2) is 92.4 Å². The zero-order valence-electron chi connectivity index (χ0n) is 16.4. The summed E-state index contributed by atoms with van der Waals surface area (Å²) in [5, 5.41) is 16.8. The second kappa shape index (κ2) is 9.89. The fourth-order valence-corrected chi connectivity index (χ4v) is 4.42. The number of rotatable bonds is 5. The number of carbonyl (C=O) groups excluding carboxylic acids is 1. The molecule has 4 rings (SSSR count). The number of carbonyl (C=O) groups is 1. The first-order chi connectivity index (χ1) is 13.2. The zero-order chi connectivity index (χ0) is 18.6. The van der Waals surface area contributed by atoms with Gasteiger partial charge in [0.25, 0.3) is 0 Å². The van der Waals surface area contributed by atoms with Gasteiger partial charge in [-0.1, -0.05) is 6.07 Å². The Morgan fingerprint density at radius 3 is 2.36 bits per heavy atom. The van der Waals surface area contributed by atoms with Crippen molar-refractivity contribution < 1.29 is 9.90 Å². The van der Waals surface area contributed by atoms with E-state index >= 15 is 0 Å². The molecule has 0 aromatic heterocycles. The summed E-state index contributed by atoms with van der Waals surface area (Å²) >= 11 is 0. The summed E-state index contributed by atoms with van der Waals surface area (Å²) in [6, 6.07) is 6.20. The summed E-state index contributed by atoms with van der Waals surface area (Å²) < 4.78 is 0. The predicted molar refractivity (Wildman–Crippen MR) is 115 cm³/mol. The maximum Gasteiger partial charge on any atom is 0.224 e. The van der Waals surface area contributed by atoms with Crippen LogP contribution in [0.4, 0.5) is 11.4 Å². The third kappa shape index (κ3) is 5.15. The highest BCUT2D eigenvalue weighted by Crippen LogP contribution is 2.32. The lowest BCUT2D eigenvalue weighted by Gasteiger charge is -2.39. The van der Waals surface area contributed by atoms with Gasteiger partial charge in [0.05, 0.1) is 6.10 Å². The third-order valence-corrected chi connectivity index (χ3v) is 5.89. The summed E-state index contributed by atoms with van der Waals surface area (Å²) in [6.07, 6.45) is 1.11. The smallest absolute Gasteiger partial charge is 0.224 e. The minimum Gasteiger partial charge on any atom is -0.390 e. The van der Waals surface area contributed by atoms with Gasteiger partial charge in [0.15, 0.2) is 0 Å². The van der Waals surface area contributed by atoms with E-state index in [-0.39, 0.29) is 24.4 Å². The van der Waals surface area contributed by atoms with Crippen LogP contribution in [-0.2, 0) is 11.2 Å². The molecule has 1 aromatic rings. The molecule has 2 fully saturated rings. The van der Waals surface area contributed by atoms with Crippen LogP contribution in [0.3, 0.4) is 0 Å². The van der Waals surface area contributed by atoms with Crippen molar-refractivity contribution in [3.05, 3.63) is 23.8 Å². The molecule has 3 N–H and O–H groups in total. The highest BCUT2D eigenvalue weighted by Gasteiger charge is 2.25. The number of halogens is 1. The molecule has 28 heavy (non-hydrogen) atoms. The molecule has 156 valence electrons. The Morgan fingerprint density at radius 2 is 1.64 bits per heavy atom. The molecule has 1 amide bonds. The highest BCUT2D eigenvalue weighted by atomic mass is 35.5. The molecule has 1 aromatic carbocycles. The molecule has 8 heteroatoms. The maximum atomic E-state index is 11.6. The largest absolute Gasteiger partial charge is 0.390 e. The molecule has 1 atom stereocenters. The van der Waals surface area contributed by atoms with E-state index in [4.69, 9.17) is 0 Å². The van der Waals surface area contributed by atoms with Gasteiger partial charge in [-0.15, -0.1) is 12.4 Å². The topological polar surface area (TPSA) is 71.1 Å². The Balaban J connectivity index is 0.00000225. The Hall–Kier alpha value is -1.38. The normalized spacial score (nSPS) is 22.2.